The van der Waals surface area contributed by atoms with E-state index in [1.165, 1.54) is 0 Å². The van der Waals surface area contributed by atoms with Gasteiger partial charge in [0.1, 0.15) is 5.76 Å². The SMILES string of the molecule is C/C=C\C1=C(C)Oc2ccccc2O1. The van der Waals surface area contributed by atoms with Gasteiger partial charge in [0.05, 0.1) is 0 Å². The topological polar surface area (TPSA) is 18.5 Å². The molecule has 0 spiro atoms. The zero-order chi connectivity index (χ0) is 9.97. The van der Waals surface area contributed by atoms with Gasteiger partial charge in [-0.25, -0.2) is 0 Å². The van der Waals surface area contributed by atoms with Crippen molar-refractivity contribution in [2.24, 2.45) is 0 Å². The van der Waals surface area contributed by atoms with Crippen LogP contribution in [0.25, 0.3) is 0 Å². The third kappa shape index (κ3) is 1.51. The van der Waals surface area contributed by atoms with E-state index in [9.17, 15) is 0 Å². The highest BCUT2D eigenvalue weighted by atomic mass is 16.6. The molecule has 72 valence electrons. The van der Waals surface area contributed by atoms with E-state index in [-0.39, 0.29) is 0 Å². The smallest absolute Gasteiger partial charge is 0.170 e. The second kappa shape index (κ2) is 3.58. The largest absolute Gasteiger partial charge is 0.454 e. The fourth-order valence-corrected chi connectivity index (χ4v) is 1.33. The minimum absolute atomic E-state index is 0.770. The van der Waals surface area contributed by atoms with Crippen LogP contribution in [0.5, 0.6) is 11.5 Å². The Morgan fingerprint density at radius 3 is 2.36 bits per heavy atom. The normalized spacial score (nSPS) is 15.0. The van der Waals surface area contributed by atoms with E-state index in [0.717, 1.165) is 23.0 Å². The standard InChI is InChI=1S/C12H12O2/c1-3-6-10-9(2)13-11-7-4-5-8-12(11)14-10/h3-8H,1-2H3/b6-3-. The maximum atomic E-state index is 5.65. The Kier molecular flexibility index (Phi) is 2.27. The Morgan fingerprint density at radius 1 is 1.07 bits per heavy atom. The summed E-state index contributed by atoms with van der Waals surface area (Å²) in [5.41, 5.74) is 0. The molecule has 0 N–H and O–H groups in total. The van der Waals surface area contributed by atoms with E-state index in [1.54, 1.807) is 0 Å². The van der Waals surface area contributed by atoms with Crippen LogP contribution in [0, 0.1) is 0 Å². The first kappa shape index (κ1) is 8.88. The molecule has 0 bridgehead atoms. The van der Waals surface area contributed by atoms with E-state index >= 15 is 0 Å². The summed E-state index contributed by atoms with van der Waals surface area (Å²) >= 11 is 0. The summed E-state index contributed by atoms with van der Waals surface area (Å²) in [6, 6.07) is 7.64. The van der Waals surface area contributed by atoms with Gasteiger partial charge in [-0.1, -0.05) is 18.2 Å². The molecule has 2 heteroatoms. The predicted octanol–water partition coefficient (Wildman–Crippen LogP) is 3.27. The van der Waals surface area contributed by atoms with Crippen LogP contribution < -0.4 is 9.47 Å². The first-order chi connectivity index (χ1) is 6.81. The molecule has 0 fully saturated rings. The summed E-state index contributed by atoms with van der Waals surface area (Å²) in [5, 5.41) is 0. The maximum absolute atomic E-state index is 5.65. The van der Waals surface area contributed by atoms with Crippen LogP contribution in [0.1, 0.15) is 13.8 Å². The summed E-state index contributed by atoms with van der Waals surface area (Å²) < 4.78 is 11.3. The summed E-state index contributed by atoms with van der Waals surface area (Å²) in [4.78, 5) is 0. The van der Waals surface area contributed by atoms with E-state index in [1.807, 2.05) is 50.3 Å². The molecule has 1 aromatic rings. The van der Waals surface area contributed by atoms with Gasteiger partial charge in [0.15, 0.2) is 17.3 Å². The molecule has 0 unspecified atom stereocenters. The van der Waals surface area contributed by atoms with E-state index in [2.05, 4.69) is 0 Å². The van der Waals surface area contributed by atoms with Gasteiger partial charge in [0.25, 0.3) is 0 Å². The number of hydrogen-bond acceptors (Lipinski definition) is 2. The van der Waals surface area contributed by atoms with Crippen LogP contribution >= 0.6 is 0 Å². The second-order valence-electron chi connectivity index (χ2n) is 3.07. The predicted molar refractivity (Wildman–Crippen MR) is 55.2 cm³/mol. The lowest BCUT2D eigenvalue weighted by Crippen LogP contribution is -2.08. The highest BCUT2D eigenvalue weighted by Gasteiger charge is 2.15. The van der Waals surface area contributed by atoms with Crippen molar-refractivity contribution in [2.75, 3.05) is 0 Å². The van der Waals surface area contributed by atoms with Gasteiger partial charge < -0.3 is 9.47 Å². The van der Waals surface area contributed by atoms with Crippen LogP contribution in [0.2, 0.25) is 0 Å². The van der Waals surface area contributed by atoms with Gasteiger partial charge >= 0.3 is 0 Å². The summed E-state index contributed by atoms with van der Waals surface area (Å²) in [6.07, 6.45) is 3.82. The first-order valence-electron chi connectivity index (χ1n) is 4.59. The Balaban J connectivity index is 2.36. The number of fused-ring (bicyclic) bond motifs is 1. The number of para-hydroxylation sites is 2. The van der Waals surface area contributed by atoms with Gasteiger partial charge in [-0.05, 0) is 32.1 Å². The van der Waals surface area contributed by atoms with Crippen LogP contribution in [0.4, 0.5) is 0 Å². The Bertz CT molecular complexity index is 403. The fourth-order valence-electron chi connectivity index (χ4n) is 1.33. The molecule has 0 amide bonds. The molecular formula is C12H12O2. The highest BCUT2D eigenvalue weighted by molar-refractivity contribution is 5.45. The molecule has 0 aromatic heterocycles. The Morgan fingerprint density at radius 2 is 1.71 bits per heavy atom. The molecule has 0 saturated heterocycles. The molecule has 2 nitrogen and oxygen atoms in total. The Labute approximate surface area is 83.5 Å². The van der Waals surface area contributed by atoms with Crippen LogP contribution in [-0.2, 0) is 0 Å². The molecule has 1 aliphatic heterocycles. The molecule has 2 rings (SSSR count). The molecule has 0 aliphatic carbocycles. The van der Waals surface area contributed by atoms with Crippen molar-refractivity contribution in [3.8, 4) is 11.5 Å². The molecular weight excluding hydrogens is 176 g/mol. The third-order valence-electron chi connectivity index (χ3n) is 2.00. The second-order valence-corrected chi connectivity index (χ2v) is 3.07. The molecule has 1 heterocycles. The van der Waals surface area contributed by atoms with Gasteiger partial charge in [0, 0.05) is 0 Å². The van der Waals surface area contributed by atoms with Gasteiger partial charge in [0.2, 0.25) is 0 Å². The van der Waals surface area contributed by atoms with E-state index < -0.39 is 0 Å². The quantitative estimate of drug-likeness (QED) is 0.673. The third-order valence-corrected chi connectivity index (χ3v) is 2.00. The molecule has 14 heavy (non-hydrogen) atoms. The van der Waals surface area contributed by atoms with E-state index in [0.29, 0.717) is 0 Å². The number of hydrogen-bond donors (Lipinski definition) is 0. The van der Waals surface area contributed by atoms with Crippen molar-refractivity contribution in [3.05, 3.63) is 47.9 Å². The average Bonchev–Trinajstić information content (AvgIpc) is 2.19. The van der Waals surface area contributed by atoms with Crippen LogP contribution in [-0.4, -0.2) is 0 Å². The van der Waals surface area contributed by atoms with Gasteiger partial charge in [-0.2, -0.15) is 0 Å². The van der Waals surface area contributed by atoms with Crippen molar-refractivity contribution in [2.45, 2.75) is 13.8 Å². The molecule has 1 aliphatic rings. The maximum Gasteiger partial charge on any atom is 0.170 e. The zero-order valence-corrected chi connectivity index (χ0v) is 8.28. The summed E-state index contributed by atoms with van der Waals surface area (Å²) in [7, 11) is 0. The average molecular weight is 188 g/mol. The van der Waals surface area contributed by atoms with Crippen molar-refractivity contribution >= 4 is 0 Å². The number of ether oxygens (including phenoxy) is 2. The van der Waals surface area contributed by atoms with Crippen LogP contribution in [0.3, 0.4) is 0 Å². The van der Waals surface area contributed by atoms with E-state index in [4.69, 9.17) is 9.47 Å². The van der Waals surface area contributed by atoms with Crippen molar-refractivity contribution in [1.82, 2.24) is 0 Å². The lowest BCUT2D eigenvalue weighted by molar-refractivity contribution is 0.306. The van der Waals surface area contributed by atoms with Gasteiger partial charge in [-0.3, -0.25) is 0 Å². The van der Waals surface area contributed by atoms with Crippen LogP contribution in [0.15, 0.2) is 47.9 Å². The van der Waals surface area contributed by atoms with Crippen molar-refractivity contribution < 1.29 is 9.47 Å². The number of benzene rings is 1. The molecule has 0 saturated carbocycles. The van der Waals surface area contributed by atoms with Crippen molar-refractivity contribution in [1.29, 1.82) is 0 Å². The first-order valence-corrected chi connectivity index (χ1v) is 4.59. The number of rotatable bonds is 1. The minimum Gasteiger partial charge on any atom is -0.454 e. The zero-order valence-electron chi connectivity index (χ0n) is 8.28. The summed E-state index contributed by atoms with van der Waals surface area (Å²) in [6.45, 7) is 3.84. The highest BCUT2D eigenvalue weighted by Crippen LogP contribution is 2.34. The lowest BCUT2D eigenvalue weighted by atomic mass is 10.3. The molecule has 0 radical (unpaired) electrons. The molecule has 1 aromatic carbocycles. The molecule has 0 atom stereocenters. The fraction of sp³-hybridized carbons (Fsp3) is 0.167. The number of allylic oxidation sites excluding steroid dienone is 3. The Hall–Kier alpha value is -1.70. The van der Waals surface area contributed by atoms with Gasteiger partial charge in [-0.15, -0.1) is 0 Å². The monoisotopic (exact) mass is 188 g/mol. The van der Waals surface area contributed by atoms with Crippen molar-refractivity contribution in [3.63, 3.8) is 0 Å². The minimum atomic E-state index is 0.770. The lowest BCUT2D eigenvalue weighted by Gasteiger charge is -2.19. The summed E-state index contributed by atoms with van der Waals surface area (Å²) in [5.74, 6) is 3.11.